The van der Waals surface area contributed by atoms with Crippen LogP contribution in [-0.4, -0.2) is 30.0 Å². The summed E-state index contributed by atoms with van der Waals surface area (Å²) >= 11 is 10.9. The fourth-order valence-corrected chi connectivity index (χ4v) is 2.97. The van der Waals surface area contributed by atoms with Crippen molar-refractivity contribution < 1.29 is 8.42 Å². The van der Waals surface area contributed by atoms with Crippen molar-refractivity contribution in [3.63, 3.8) is 0 Å². The van der Waals surface area contributed by atoms with Crippen molar-refractivity contribution in [1.29, 1.82) is 0 Å². The van der Waals surface area contributed by atoms with E-state index in [2.05, 4.69) is 9.97 Å². The average molecular weight is 271 g/mol. The predicted octanol–water partition coefficient (Wildman–Crippen LogP) is 0.826. The Balaban J connectivity index is 3.16. The summed E-state index contributed by atoms with van der Waals surface area (Å²) in [4.78, 5) is 16.8. The molecule has 1 heterocycles. The molecule has 0 aliphatic rings. The highest BCUT2D eigenvalue weighted by molar-refractivity contribution is 7.91. The molecule has 1 aromatic heterocycles. The summed E-state index contributed by atoms with van der Waals surface area (Å²) in [5, 5.41) is -0.801. The first-order chi connectivity index (χ1) is 6.99. The number of aromatic nitrogens is 2. The Hall–Kier alpha value is -0.590. The molecule has 0 saturated carbocycles. The van der Waals surface area contributed by atoms with Crippen LogP contribution in [0, 0.1) is 0 Å². The Morgan fingerprint density at radius 2 is 2.13 bits per heavy atom. The lowest BCUT2D eigenvalue weighted by atomic mass is 10.6. The molecule has 8 heteroatoms. The highest BCUT2D eigenvalue weighted by Crippen LogP contribution is 2.15. The zero-order valence-corrected chi connectivity index (χ0v) is 9.86. The van der Waals surface area contributed by atoms with Gasteiger partial charge in [0.2, 0.25) is 0 Å². The second-order valence-electron chi connectivity index (χ2n) is 2.71. The minimum Gasteiger partial charge on any atom is -0.312 e. The molecule has 0 spiro atoms. The molecule has 5 nitrogen and oxygen atoms in total. The molecule has 84 valence electrons. The third-order valence-corrected chi connectivity index (χ3v) is 4.06. The van der Waals surface area contributed by atoms with E-state index in [1.165, 1.54) is 0 Å². The first-order valence-corrected chi connectivity index (χ1v) is 6.57. The van der Waals surface area contributed by atoms with E-state index in [1.54, 1.807) is 0 Å². The van der Waals surface area contributed by atoms with Gasteiger partial charge in [0, 0.05) is 5.88 Å². The lowest BCUT2D eigenvalue weighted by molar-refractivity contribution is 0.590. The fraction of sp³-hybridized carbons (Fsp3) is 0.429. The van der Waals surface area contributed by atoms with Crippen LogP contribution >= 0.6 is 23.2 Å². The molecule has 0 atom stereocenters. The first-order valence-electron chi connectivity index (χ1n) is 4.01. The summed E-state index contributed by atoms with van der Waals surface area (Å²) in [6, 6.07) is 0. The van der Waals surface area contributed by atoms with E-state index < -0.39 is 25.4 Å². The van der Waals surface area contributed by atoms with Crippen LogP contribution in [0.3, 0.4) is 0 Å². The van der Waals surface area contributed by atoms with Gasteiger partial charge in [0.15, 0.2) is 14.9 Å². The van der Waals surface area contributed by atoms with Crippen molar-refractivity contribution in [3.8, 4) is 0 Å². The van der Waals surface area contributed by atoms with Crippen molar-refractivity contribution in [3.05, 3.63) is 21.7 Å². The lowest BCUT2D eigenvalue weighted by Crippen LogP contribution is -2.16. The van der Waals surface area contributed by atoms with E-state index in [9.17, 15) is 13.2 Å². The van der Waals surface area contributed by atoms with Gasteiger partial charge in [-0.05, 0) is 6.42 Å². The Labute approximate surface area is 96.4 Å². The number of halogens is 2. The zero-order chi connectivity index (χ0) is 11.5. The number of H-pyrrole nitrogens is 1. The van der Waals surface area contributed by atoms with Gasteiger partial charge >= 0.3 is 0 Å². The molecule has 0 aromatic carbocycles. The number of hydrogen-bond donors (Lipinski definition) is 1. The third kappa shape index (κ3) is 2.93. The molecule has 0 radical (unpaired) electrons. The molecule has 1 N–H and O–H groups in total. The predicted molar refractivity (Wildman–Crippen MR) is 57.3 cm³/mol. The molecule has 0 fully saturated rings. The Morgan fingerprint density at radius 1 is 1.47 bits per heavy atom. The molecule has 1 rings (SSSR count). The smallest absolute Gasteiger partial charge is 0.270 e. The third-order valence-electron chi connectivity index (χ3n) is 1.61. The van der Waals surface area contributed by atoms with Crippen LogP contribution in [0.1, 0.15) is 6.42 Å². The fourth-order valence-electron chi connectivity index (χ4n) is 0.925. The van der Waals surface area contributed by atoms with Crippen LogP contribution in [0.25, 0.3) is 0 Å². The standard InChI is InChI=1S/C7H8Cl2N2O3S/c8-2-1-3-15(13,14)7-5(9)6(12)10-4-11-7/h4H,1-3H2,(H,10,11,12). The molecule has 0 aliphatic carbocycles. The summed E-state index contributed by atoms with van der Waals surface area (Å²) in [6.07, 6.45) is 1.29. The van der Waals surface area contributed by atoms with Gasteiger partial charge in [-0.15, -0.1) is 11.6 Å². The lowest BCUT2D eigenvalue weighted by Gasteiger charge is -2.02. The molecular weight excluding hydrogens is 263 g/mol. The van der Waals surface area contributed by atoms with E-state index >= 15 is 0 Å². The van der Waals surface area contributed by atoms with Crippen molar-refractivity contribution in [2.75, 3.05) is 11.6 Å². The summed E-state index contributed by atoms with van der Waals surface area (Å²) in [6.45, 7) is 0. The average Bonchev–Trinajstić information content (AvgIpc) is 2.19. The van der Waals surface area contributed by atoms with Gasteiger partial charge in [-0.1, -0.05) is 11.6 Å². The molecule has 0 bridgehead atoms. The van der Waals surface area contributed by atoms with Crippen LogP contribution in [0.15, 0.2) is 16.1 Å². The maximum Gasteiger partial charge on any atom is 0.270 e. The highest BCUT2D eigenvalue weighted by atomic mass is 35.5. The molecular formula is C7H8Cl2N2O3S. The number of nitrogens with zero attached hydrogens (tertiary/aromatic N) is 1. The van der Waals surface area contributed by atoms with E-state index in [0.717, 1.165) is 6.33 Å². The number of sulfone groups is 1. The highest BCUT2D eigenvalue weighted by Gasteiger charge is 2.20. The largest absolute Gasteiger partial charge is 0.312 e. The van der Waals surface area contributed by atoms with Gasteiger partial charge in [0.25, 0.3) is 5.56 Å². The molecule has 15 heavy (non-hydrogen) atoms. The molecule has 1 aromatic rings. The minimum atomic E-state index is -3.62. The number of rotatable bonds is 4. The zero-order valence-electron chi connectivity index (χ0n) is 7.53. The van der Waals surface area contributed by atoms with Crippen LogP contribution < -0.4 is 5.56 Å². The number of aromatic amines is 1. The molecule has 0 unspecified atom stereocenters. The van der Waals surface area contributed by atoms with Crippen LogP contribution in [0.5, 0.6) is 0 Å². The molecule has 0 aliphatic heterocycles. The van der Waals surface area contributed by atoms with Crippen LogP contribution in [0.4, 0.5) is 0 Å². The summed E-state index contributed by atoms with van der Waals surface area (Å²) in [5.74, 6) is 0.0483. The summed E-state index contributed by atoms with van der Waals surface area (Å²) in [5.41, 5.74) is -0.670. The van der Waals surface area contributed by atoms with E-state index in [1.807, 2.05) is 0 Å². The van der Waals surface area contributed by atoms with Gasteiger partial charge in [-0.3, -0.25) is 4.79 Å². The molecule has 0 saturated heterocycles. The van der Waals surface area contributed by atoms with Crippen molar-refractivity contribution in [2.24, 2.45) is 0 Å². The monoisotopic (exact) mass is 270 g/mol. The minimum absolute atomic E-state index is 0.174. The van der Waals surface area contributed by atoms with Crippen LogP contribution in [0.2, 0.25) is 5.02 Å². The number of alkyl halides is 1. The summed E-state index contributed by atoms with van der Waals surface area (Å²) in [7, 11) is -3.62. The van der Waals surface area contributed by atoms with Crippen molar-refractivity contribution in [2.45, 2.75) is 11.4 Å². The van der Waals surface area contributed by atoms with E-state index in [0.29, 0.717) is 0 Å². The number of nitrogens with one attached hydrogen (secondary N) is 1. The van der Waals surface area contributed by atoms with Gasteiger partial charge in [-0.25, -0.2) is 13.4 Å². The van der Waals surface area contributed by atoms with Crippen molar-refractivity contribution >= 4 is 33.0 Å². The quantitative estimate of drug-likeness (QED) is 0.649. The molecule has 0 amide bonds. The SMILES string of the molecule is O=c1[nH]cnc(S(=O)(=O)CCCCl)c1Cl. The van der Waals surface area contributed by atoms with Gasteiger partial charge < -0.3 is 4.98 Å². The van der Waals surface area contributed by atoms with Gasteiger partial charge in [-0.2, -0.15) is 0 Å². The number of hydrogen-bond acceptors (Lipinski definition) is 4. The second-order valence-corrected chi connectivity index (χ2v) is 5.49. The van der Waals surface area contributed by atoms with Gasteiger partial charge in [0.1, 0.15) is 5.02 Å². The first kappa shape index (κ1) is 12.5. The maximum atomic E-state index is 11.6. The van der Waals surface area contributed by atoms with Gasteiger partial charge in [0.05, 0.1) is 12.1 Å². The second kappa shape index (κ2) is 4.96. The normalized spacial score (nSPS) is 11.6. The van der Waals surface area contributed by atoms with Crippen molar-refractivity contribution in [1.82, 2.24) is 9.97 Å². The van der Waals surface area contributed by atoms with Crippen LogP contribution in [-0.2, 0) is 9.84 Å². The van der Waals surface area contributed by atoms with E-state index in [4.69, 9.17) is 23.2 Å². The maximum absolute atomic E-state index is 11.6. The topological polar surface area (TPSA) is 79.9 Å². The van der Waals surface area contributed by atoms with E-state index in [-0.39, 0.29) is 18.1 Å². The summed E-state index contributed by atoms with van der Waals surface area (Å²) < 4.78 is 23.2. The Morgan fingerprint density at radius 3 is 2.73 bits per heavy atom. The Kier molecular flexibility index (Phi) is 4.12. The Bertz CT molecular complexity index is 497.